The van der Waals surface area contributed by atoms with Gasteiger partial charge in [-0.3, -0.25) is 0 Å². The van der Waals surface area contributed by atoms with Gasteiger partial charge in [0.2, 0.25) is 0 Å². The predicted octanol–water partition coefficient (Wildman–Crippen LogP) is 3.18. The third-order valence-corrected chi connectivity index (χ3v) is 2.40. The first-order valence-corrected chi connectivity index (χ1v) is 5.50. The summed E-state index contributed by atoms with van der Waals surface area (Å²) >= 11 is 5.86. The number of rotatable bonds is 3. The van der Waals surface area contributed by atoms with E-state index in [9.17, 15) is 4.79 Å². The third kappa shape index (κ3) is 3.36. The zero-order chi connectivity index (χ0) is 12.3. The lowest BCUT2D eigenvalue weighted by atomic mass is 10.2. The number of hydrogen-bond donors (Lipinski definition) is 0. The topological polar surface area (TPSA) is 39.4 Å². The minimum Gasteiger partial charge on any atom is -0.489 e. The van der Waals surface area contributed by atoms with E-state index >= 15 is 0 Å². The molecule has 0 aliphatic carbocycles. The van der Waals surface area contributed by atoms with Gasteiger partial charge in [-0.1, -0.05) is 23.7 Å². The van der Waals surface area contributed by atoms with E-state index in [2.05, 4.69) is 0 Å². The molecule has 1 aromatic carbocycles. The molecule has 0 aliphatic rings. The molecular formula is C13H11ClO3. The Kier molecular flexibility index (Phi) is 3.49. The third-order valence-electron chi connectivity index (χ3n) is 2.16. The molecule has 1 aromatic heterocycles. The second-order valence-corrected chi connectivity index (χ2v) is 4.08. The Hall–Kier alpha value is -1.74. The largest absolute Gasteiger partial charge is 0.489 e. The van der Waals surface area contributed by atoms with E-state index < -0.39 is 5.63 Å². The van der Waals surface area contributed by atoms with Gasteiger partial charge in [0.25, 0.3) is 0 Å². The lowest BCUT2D eigenvalue weighted by Gasteiger charge is -2.06. The molecule has 0 atom stereocenters. The average Bonchev–Trinajstić information content (AvgIpc) is 2.25. The van der Waals surface area contributed by atoms with E-state index in [1.165, 1.54) is 6.07 Å². The molecule has 88 valence electrons. The molecule has 1 heterocycles. The first-order valence-electron chi connectivity index (χ1n) is 5.12. The summed E-state index contributed by atoms with van der Waals surface area (Å²) in [6, 6.07) is 10.4. The molecule has 3 nitrogen and oxygen atoms in total. The van der Waals surface area contributed by atoms with Gasteiger partial charge < -0.3 is 9.15 Å². The number of benzene rings is 1. The molecule has 0 N–H and O–H groups in total. The van der Waals surface area contributed by atoms with Crippen molar-refractivity contribution in [3.8, 4) is 5.75 Å². The molecule has 17 heavy (non-hydrogen) atoms. The maximum Gasteiger partial charge on any atom is 0.339 e. The Balaban J connectivity index is 2.09. The first kappa shape index (κ1) is 11.7. The van der Waals surface area contributed by atoms with Crippen molar-refractivity contribution in [2.24, 2.45) is 0 Å². The lowest BCUT2D eigenvalue weighted by Crippen LogP contribution is -2.01. The van der Waals surface area contributed by atoms with Crippen LogP contribution in [0.2, 0.25) is 5.02 Å². The molecule has 0 radical (unpaired) electrons. The van der Waals surface area contributed by atoms with Gasteiger partial charge in [-0.15, -0.1) is 0 Å². The highest BCUT2D eigenvalue weighted by Gasteiger charge is 2.00. The lowest BCUT2D eigenvalue weighted by molar-refractivity contribution is 0.300. The Labute approximate surface area is 104 Å². The van der Waals surface area contributed by atoms with Crippen molar-refractivity contribution < 1.29 is 9.15 Å². The Morgan fingerprint density at radius 2 is 2.12 bits per heavy atom. The second-order valence-electron chi connectivity index (χ2n) is 3.64. The average molecular weight is 251 g/mol. The summed E-state index contributed by atoms with van der Waals surface area (Å²) in [7, 11) is 0. The van der Waals surface area contributed by atoms with Gasteiger partial charge >= 0.3 is 5.63 Å². The molecular weight excluding hydrogens is 240 g/mol. The van der Waals surface area contributed by atoms with Gasteiger partial charge in [-0.25, -0.2) is 4.79 Å². The number of halogens is 1. The van der Waals surface area contributed by atoms with Crippen molar-refractivity contribution in [1.29, 1.82) is 0 Å². The second kappa shape index (κ2) is 5.06. The monoisotopic (exact) mass is 250 g/mol. The molecule has 0 aliphatic heterocycles. The zero-order valence-corrected chi connectivity index (χ0v) is 10.0. The normalized spacial score (nSPS) is 10.2. The summed E-state index contributed by atoms with van der Waals surface area (Å²) in [6.07, 6.45) is 0. The van der Waals surface area contributed by atoms with Crippen LogP contribution >= 0.6 is 11.6 Å². The molecule has 4 heteroatoms. The van der Waals surface area contributed by atoms with Crippen LogP contribution in [-0.2, 0) is 6.61 Å². The Morgan fingerprint density at radius 1 is 1.29 bits per heavy atom. The number of aryl methyl sites for hydroxylation is 1. The van der Waals surface area contributed by atoms with Crippen LogP contribution < -0.4 is 10.4 Å². The SMILES string of the molecule is Cc1cc(OCc2cccc(Cl)c2)cc(=O)o1. The standard InChI is InChI=1S/C13H11ClO3/c1-9-5-12(7-13(15)17-9)16-8-10-3-2-4-11(14)6-10/h2-7H,8H2,1H3. The van der Waals surface area contributed by atoms with Crippen LogP contribution in [0.3, 0.4) is 0 Å². The first-order chi connectivity index (χ1) is 8.13. The number of ether oxygens (including phenoxy) is 1. The van der Waals surface area contributed by atoms with E-state index in [0.29, 0.717) is 23.1 Å². The van der Waals surface area contributed by atoms with Crippen LogP contribution in [0.15, 0.2) is 45.6 Å². The van der Waals surface area contributed by atoms with Crippen molar-refractivity contribution in [3.63, 3.8) is 0 Å². The van der Waals surface area contributed by atoms with Gasteiger partial charge in [-0.05, 0) is 24.6 Å². The molecule has 2 rings (SSSR count). The van der Waals surface area contributed by atoms with Crippen LogP contribution in [-0.4, -0.2) is 0 Å². The van der Waals surface area contributed by atoms with E-state index in [1.807, 2.05) is 18.2 Å². The van der Waals surface area contributed by atoms with Crippen LogP contribution in [0.5, 0.6) is 5.75 Å². The molecule has 0 fully saturated rings. The summed E-state index contributed by atoms with van der Waals surface area (Å²) in [5.74, 6) is 1.03. The van der Waals surface area contributed by atoms with Gasteiger partial charge in [0, 0.05) is 11.1 Å². The van der Waals surface area contributed by atoms with Crippen molar-refractivity contribution in [2.75, 3.05) is 0 Å². The Morgan fingerprint density at radius 3 is 2.82 bits per heavy atom. The summed E-state index contributed by atoms with van der Waals surface area (Å²) in [5.41, 5.74) is 0.537. The van der Waals surface area contributed by atoms with Gasteiger partial charge in [0.1, 0.15) is 18.1 Å². The highest BCUT2D eigenvalue weighted by molar-refractivity contribution is 6.30. The fourth-order valence-corrected chi connectivity index (χ4v) is 1.67. The predicted molar refractivity (Wildman–Crippen MR) is 65.5 cm³/mol. The van der Waals surface area contributed by atoms with E-state index in [-0.39, 0.29) is 0 Å². The molecule has 0 spiro atoms. The zero-order valence-electron chi connectivity index (χ0n) is 9.27. The highest BCUT2D eigenvalue weighted by atomic mass is 35.5. The summed E-state index contributed by atoms with van der Waals surface area (Å²) in [5, 5.41) is 0.662. The molecule has 0 unspecified atom stereocenters. The number of hydrogen-bond acceptors (Lipinski definition) is 3. The van der Waals surface area contributed by atoms with Crippen LogP contribution in [0, 0.1) is 6.92 Å². The minimum atomic E-state index is -0.411. The maximum absolute atomic E-state index is 11.1. The van der Waals surface area contributed by atoms with Crippen molar-refractivity contribution in [1.82, 2.24) is 0 Å². The van der Waals surface area contributed by atoms with E-state index in [1.54, 1.807) is 19.1 Å². The van der Waals surface area contributed by atoms with Gasteiger partial charge in [0.15, 0.2) is 0 Å². The van der Waals surface area contributed by atoms with Crippen molar-refractivity contribution in [2.45, 2.75) is 13.5 Å². The maximum atomic E-state index is 11.1. The van der Waals surface area contributed by atoms with Crippen LogP contribution in [0.4, 0.5) is 0 Å². The van der Waals surface area contributed by atoms with Crippen LogP contribution in [0.1, 0.15) is 11.3 Å². The van der Waals surface area contributed by atoms with E-state index in [4.69, 9.17) is 20.8 Å². The molecule has 0 bridgehead atoms. The molecule has 0 saturated carbocycles. The van der Waals surface area contributed by atoms with Crippen molar-refractivity contribution >= 4 is 11.6 Å². The fourth-order valence-electron chi connectivity index (χ4n) is 1.45. The Bertz CT molecular complexity index is 575. The minimum absolute atomic E-state index is 0.365. The quantitative estimate of drug-likeness (QED) is 0.840. The van der Waals surface area contributed by atoms with E-state index in [0.717, 1.165) is 5.56 Å². The smallest absolute Gasteiger partial charge is 0.339 e. The molecule has 0 amide bonds. The highest BCUT2D eigenvalue weighted by Crippen LogP contribution is 2.14. The summed E-state index contributed by atoms with van der Waals surface area (Å²) in [6.45, 7) is 2.07. The molecule has 2 aromatic rings. The summed E-state index contributed by atoms with van der Waals surface area (Å²) in [4.78, 5) is 11.1. The fraction of sp³-hybridized carbons (Fsp3) is 0.154. The van der Waals surface area contributed by atoms with Gasteiger partial charge in [-0.2, -0.15) is 0 Å². The van der Waals surface area contributed by atoms with Crippen molar-refractivity contribution in [3.05, 3.63) is 63.2 Å². The van der Waals surface area contributed by atoms with Crippen LogP contribution in [0.25, 0.3) is 0 Å². The van der Waals surface area contributed by atoms with Gasteiger partial charge in [0.05, 0.1) is 6.07 Å². The summed E-state index contributed by atoms with van der Waals surface area (Å²) < 4.78 is 10.3. The molecule has 0 saturated heterocycles.